The van der Waals surface area contributed by atoms with E-state index in [1.165, 1.54) is 41.4 Å². The molecule has 5 nitrogen and oxygen atoms in total. The van der Waals surface area contributed by atoms with Crippen LogP contribution >= 0.6 is 23.1 Å². The molecule has 2 heterocycles. The van der Waals surface area contributed by atoms with Crippen LogP contribution in [0, 0.1) is 5.82 Å². The van der Waals surface area contributed by atoms with Crippen molar-refractivity contribution in [1.82, 2.24) is 14.5 Å². The predicted octanol–water partition coefficient (Wildman–Crippen LogP) is 5.11. The lowest BCUT2D eigenvalue weighted by Crippen LogP contribution is -2.16. The number of aromatic nitrogens is 3. The molecule has 0 fully saturated rings. The smallest absolute Gasteiger partial charge is 0.276 e. The second-order valence-electron chi connectivity index (χ2n) is 5.80. The molecule has 4 aromatic rings. The Morgan fingerprint density at radius 1 is 1.14 bits per heavy atom. The van der Waals surface area contributed by atoms with Gasteiger partial charge in [-0.3, -0.25) is 14.7 Å². The molecule has 0 bridgehead atoms. The van der Waals surface area contributed by atoms with E-state index in [0.29, 0.717) is 21.7 Å². The molecule has 28 heavy (non-hydrogen) atoms. The number of nitrogens with zero attached hydrogens (tertiary/aromatic N) is 3. The van der Waals surface area contributed by atoms with E-state index in [-0.39, 0.29) is 11.7 Å². The topological polar surface area (TPSA) is 59.8 Å². The molecular weight excluding hydrogens is 395 g/mol. The van der Waals surface area contributed by atoms with Crippen molar-refractivity contribution in [2.24, 2.45) is 0 Å². The molecule has 2 aromatic heterocycles. The maximum atomic E-state index is 13.3. The largest absolute Gasteiger partial charge is 0.296 e. The molecule has 0 saturated heterocycles. The van der Waals surface area contributed by atoms with E-state index in [0.717, 1.165) is 11.3 Å². The Kier molecular flexibility index (Phi) is 5.23. The number of hydrogen-bond donors (Lipinski definition) is 1. The fourth-order valence-corrected chi connectivity index (χ4v) is 3.97. The van der Waals surface area contributed by atoms with Gasteiger partial charge in [0, 0.05) is 16.6 Å². The molecule has 0 saturated carbocycles. The highest BCUT2D eigenvalue weighted by atomic mass is 32.2. The van der Waals surface area contributed by atoms with Crippen LogP contribution in [0.25, 0.3) is 16.9 Å². The first-order chi connectivity index (χ1) is 13.7. The van der Waals surface area contributed by atoms with Crippen molar-refractivity contribution in [2.75, 3.05) is 11.6 Å². The van der Waals surface area contributed by atoms with Crippen LogP contribution in [0.5, 0.6) is 0 Å². The van der Waals surface area contributed by atoms with Crippen LogP contribution in [0.2, 0.25) is 0 Å². The minimum atomic E-state index is -0.336. The summed E-state index contributed by atoms with van der Waals surface area (Å²) in [7, 11) is 0. The van der Waals surface area contributed by atoms with E-state index >= 15 is 0 Å². The van der Waals surface area contributed by atoms with Crippen LogP contribution in [0.15, 0.2) is 71.3 Å². The number of nitrogens with one attached hydrogen (secondary N) is 1. The Balaban J connectivity index is 1.62. The molecule has 2 aromatic carbocycles. The summed E-state index contributed by atoms with van der Waals surface area (Å²) in [5, 5.41) is 5.87. The maximum Gasteiger partial charge on any atom is 0.276 e. The number of carbonyl (C=O) groups excluding carboxylic acids is 1. The monoisotopic (exact) mass is 410 g/mol. The standard InChI is InChI=1S/C20H15FN4OS2/c1-27-20-22-11-17(25(20)15-9-7-14(21)8-10-15)18(26)24-19-23-16(12-28-19)13-5-3-2-4-6-13/h2-12H,1H3,(H,23,24,26). The van der Waals surface area contributed by atoms with Crippen LogP contribution in [0.1, 0.15) is 10.5 Å². The van der Waals surface area contributed by atoms with Crippen molar-refractivity contribution in [3.05, 3.63) is 77.7 Å². The Hall–Kier alpha value is -2.97. The molecule has 0 unspecified atom stereocenters. The van der Waals surface area contributed by atoms with Crippen molar-refractivity contribution in [3.63, 3.8) is 0 Å². The summed E-state index contributed by atoms with van der Waals surface area (Å²) in [6.07, 6.45) is 3.38. The summed E-state index contributed by atoms with van der Waals surface area (Å²) >= 11 is 2.76. The van der Waals surface area contributed by atoms with Gasteiger partial charge in [0.15, 0.2) is 10.3 Å². The highest BCUT2D eigenvalue weighted by Crippen LogP contribution is 2.26. The number of benzene rings is 2. The fourth-order valence-electron chi connectivity index (χ4n) is 2.71. The summed E-state index contributed by atoms with van der Waals surface area (Å²) < 4.78 is 15.0. The van der Waals surface area contributed by atoms with E-state index < -0.39 is 0 Å². The zero-order valence-electron chi connectivity index (χ0n) is 14.8. The lowest BCUT2D eigenvalue weighted by atomic mass is 10.2. The van der Waals surface area contributed by atoms with E-state index in [2.05, 4.69) is 15.3 Å². The molecule has 0 aliphatic rings. The second kappa shape index (κ2) is 7.95. The predicted molar refractivity (Wildman–Crippen MR) is 111 cm³/mol. The third-order valence-corrected chi connectivity index (χ3v) is 5.43. The van der Waals surface area contributed by atoms with Crippen LogP contribution in [0.3, 0.4) is 0 Å². The van der Waals surface area contributed by atoms with E-state index in [4.69, 9.17) is 0 Å². The van der Waals surface area contributed by atoms with E-state index in [1.807, 2.05) is 42.0 Å². The number of amides is 1. The molecule has 1 N–H and O–H groups in total. The SMILES string of the molecule is CSc1ncc(C(=O)Nc2nc(-c3ccccc3)cs2)n1-c1ccc(F)cc1. The van der Waals surface area contributed by atoms with Crippen LogP contribution < -0.4 is 5.32 Å². The van der Waals surface area contributed by atoms with Gasteiger partial charge < -0.3 is 0 Å². The Morgan fingerprint density at radius 2 is 1.89 bits per heavy atom. The molecule has 0 aliphatic carbocycles. The third kappa shape index (κ3) is 3.69. The second-order valence-corrected chi connectivity index (χ2v) is 7.43. The molecule has 0 radical (unpaired) electrons. The van der Waals surface area contributed by atoms with Gasteiger partial charge in [0.1, 0.15) is 11.5 Å². The number of hydrogen-bond acceptors (Lipinski definition) is 5. The van der Waals surface area contributed by atoms with Crippen LogP contribution in [-0.2, 0) is 0 Å². The summed E-state index contributed by atoms with van der Waals surface area (Å²) in [6, 6.07) is 15.7. The maximum absolute atomic E-state index is 13.3. The number of halogens is 1. The fraction of sp³-hybridized carbons (Fsp3) is 0.0500. The third-order valence-electron chi connectivity index (χ3n) is 4.02. The van der Waals surface area contributed by atoms with Crippen molar-refractivity contribution in [2.45, 2.75) is 5.16 Å². The summed E-state index contributed by atoms with van der Waals surface area (Å²) in [5.41, 5.74) is 2.81. The minimum Gasteiger partial charge on any atom is -0.296 e. The Labute approximate surface area is 169 Å². The molecule has 8 heteroatoms. The highest BCUT2D eigenvalue weighted by molar-refractivity contribution is 7.98. The molecule has 0 spiro atoms. The van der Waals surface area contributed by atoms with Crippen molar-refractivity contribution < 1.29 is 9.18 Å². The molecular formula is C20H15FN4OS2. The quantitative estimate of drug-likeness (QED) is 0.465. The van der Waals surface area contributed by atoms with Gasteiger partial charge >= 0.3 is 0 Å². The Morgan fingerprint density at radius 3 is 2.61 bits per heavy atom. The molecule has 4 rings (SSSR count). The number of thioether (sulfide) groups is 1. The van der Waals surface area contributed by atoms with Gasteiger partial charge in [-0.2, -0.15) is 0 Å². The molecule has 0 atom stereocenters. The summed E-state index contributed by atoms with van der Waals surface area (Å²) in [4.78, 5) is 21.7. The summed E-state index contributed by atoms with van der Waals surface area (Å²) in [5.74, 6) is -0.664. The van der Waals surface area contributed by atoms with Crippen molar-refractivity contribution in [1.29, 1.82) is 0 Å². The lowest BCUT2D eigenvalue weighted by Gasteiger charge is -2.10. The van der Waals surface area contributed by atoms with Gasteiger partial charge in [-0.05, 0) is 30.5 Å². The van der Waals surface area contributed by atoms with Gasteiger partial charge in [0.2, 0.25) is 0 Å². The number of rotatable bonds is 5. The average Bonchev–Trinajstić information content (AvgIpc) is 3.36. The number of anilines is 1. The highest BCUT2D eigenvalue weighted by Gasteiger charge is 2.19. The minimum absolute atomic E-state index is 0.328. The number of imidazole rings is 1. The van der Waals surface area contributed by atoms with Crippen LogP contribution in [0.4, 0.5) is 9.52 Å². The first-order valence-electron chi connectivity index (χ1n) is 8.35. The van der Waals surface area contributed by atoms with Crippen molar-refractivity contribution in [3.8, 4) is 16.9 Å². The summed E-state index contributed by atoms with van der Waals surface area (Å²) in [6.45, 7) is 0. The first kappa shape index (κ1) is 18.4. The normalized spacial score (nSPS) is 10.8. The number of carbonyl (C=O) groups is 1. The molecule has 1 amide bonds. The van der Waals surface area contributed by atoms with Gasteiger partial charge in [0.25, 0.3) is 5.91 Å². The average molecular weight is 410 g/mol. The van der Waals surface area contributed by atoms with E-state index in [9.17, 15) is 9.18 Å². The van der Waals surface area contributed by atoms with Gasteiger partial charge in [0.05, 0.1) is 11.9 Å². The van der Waals surface area contributed by atoms with Gasteiger partial charge in [-0.1, -0.05) is 42.1 Å². The number of thiazole rings is 1. The van der Waals surface area contributed by atoms with Gasteiger partial charge in [-0.25, -0.2) is 14.4 Å². The first-order valence-corrected chi connectivity index (χ1v) is 10.5. The van der Waals surface area contributed by atoms with E-state index in [1.54, 1.807) is 16.7 Å². The zero-order valence-corrected chi connectivity index (χ0v) is 16.4. The van der Waals surface area contributed by atoms with Crippen LogP contribution in [-0.4, -0.2) is 26.7 Å². The molecule has 140 valence electrons. The Bertz CT molecular complexity index is 1110. The van der Waals surface area contributed by atoms with Gasteiger partial charge in [-0.15, -0.1) is 11.3 Å². The zero-order chi connectivity index (χ0) is 19.5. The lowest BCUT2D eigenvalue weighted by molar-refractivity contribution is 0.102. The molecule has 0 aliphatic heterocycles. The van der Waals surface area contributed by atoms with Crippen molar-refractivity contribution >= 4 is 34.1 Å².